The molecule has 0 N–H and O–H groups in total. The number of carbonyl (C=O) groups excluding carboxylic acids is 3. The molecule has 2 rings (SSSR count). The molecule has 1 amide bonds. The number of ketones is 1. The summed E-state index contributed by atoms with van der Waals surface area (Å²) >= 11 is 0. The third-order valence-electron chi connectivity index (χ3n) is 4.10. The third-order valence-corrected chi connectivity index (χ3v) is 4.10. The number of rotatable bonds is 5. The van der Waals surface area contributed by atoms with Gasteiger partial charge in [0.2, 0.25) is 5.91 Å². The van der Waals surface area contributed by atoms with Crippen molar-refractivity contribution in [2.75, 3.05) is 0 Å². The summed E-state index contributed by atoms with van der Waals surface area (Å²) in [6, 6.07) is 9.13. The highest BCUT2D eigenvalue weighted by Gasteiger charge is 2.47. The van der Waals surface area contributed by atoms with E-state index in [0.29, 0.717) is 6.54 Å². The largest absolute Gasteiger partial charge is 0.550 e. The Morgan fingerprint density at radius 1 is 1.24 bits per heavy atom. The Morgan fingerprint density at radius 2 is 1.86 bits per heavy atom. The van der Waals surface area contributed by atoms with Crippen molar-refractivity contribution < 1.29 is 19.5 Å². The first-order chi connectivity index (χ1) is 9.91. The van der Waals surface area contributed by atoms with Crippen LogP contribution in [0.2, 0.25) is 0 Å². The van der Waals surface area contributed by atoms with E-state index in [1.165, 1.54) is 6.92 Å². The molecule has 5 nitrogen and oxygen atoms in total. The minimum absolute atomic E-state index is 0.155. The summed E-state index contributed by atoms with van der Waals surface area (Å²) in [7, 11) is 0. The Labute approximate surface area is 123 Å². The van der Waals surface area contributed by atoms with Gasteiger partial charge in [-0.15, -0.1) is 0 Å². The number of carboxylic acid groups (broad SMARTS) is 1. The summed E-state index contributed by atoms with van der Waals surface area (Å²) in [4.78, 5) is 36.7. The molecule has 5 heteroatoms. The monoisotopic (exact) mass is 288 g/mol. The fourth-order valence-corrected chi connectivity index (χ4v) is 3.12. The number of nitrogens with zero attached hydrogens (tertiary/aromatic N) is 1. The van der Waals surface area contributed by atoms with Gasteiger partial charge in [0.15, 0.2) is 0 Å². The summed E-state index contributed by atoms with van der Waals surface area (Å²) in [6.45, 7) is 3.58. The number of likely N-dealkylation sites (tertiary alicyclic amines) is 1. The summed E-state index contributed by atoms with van der Waals surface area (Å²) < 4.78 is 0. The molecule has 0 aromatic heterocycles. The molecule has 3 atom stereocenters. The Balaban J connectivity index is 2.24. The van der Waals surface area contributed by atoms with Crippen molar-refractivity contribution in [2.45, 2.75) is 32.9 Å². The Hall–Kier alpha value is -2.17. The molecular formula is C16H18NO4-. The molecule has 112 valence electrons. The highest BCUT2D eigenvalue weighted by atomic mass is 16.4. The van der Waals surface area contributed by atoms with Crippen molar-refractivity contribution in [1.29, 1.82) is 0 Å². The maximum Gasteiger partial charge on any atom is 0.227 e. The van der Waals surface area contributed by atoms with Gasteiger partial charge in [-0.3, -0.25) is 9.59 Å². The summed E-state index contributed by atoms with van der Waals surface area (Å²) in [5.41, 5.74) is 0.953. The zero-order valence-electron chi connectivity index (χ0n) is 12.1. The van der Waals surface area contributed by atoms with Crippen LogP contribution in [0.3, 0.4) is 0 Å². The topological polar surface area (TPSA) is 77.5 Å². The number of benzene rings is 1. The van der Waals surface area contributed by atoms with E-state index in [0.717, 1.165) is 5.56 Å². The van der Waals surface area contributed by atoms with E-state index in [9.17, 15) is 19.5 Å². The van der Waals surface area contributed by atoms with Crippen molar-refractivity contribution in [3.8, 4) is 0 Å². The first-order valence-electron chi connectivity index (χ1n) is 6.96. The van der Waals surface area contributed by atoms with Crippen LogP contribution >= 0.6 is 0 Å². The van der Waals surface area contributed by atoms with Crippen molar-refractivity contribution >= 4 is 17.7 Å². The molecule has 0 radical (unpaired) electrons. The average Bonchev–Trinajstić information content (AvgIpc) is 2.64. The lowest BCUT2D eigenvalue weighted by Gasteiger charge is -2.23. The lowest BCUT2D eigenvalue weighted by atomic mass is 9.85. The van der Waals surface area contributed by atoms with Gasteiger partial charge in [0.1, 0.15) is 5.78 Å². The SMILES string of the molecule is CC(=O)[C@H]1[C@@H](C)N(Cc2ccccc2)C(=O)[C@@H]1CC(=O)[O-]. The van der Waals surface area contributed by atoms with E-state index in [1.807, 2.05) is 30.3 Å². The van der Waals surface area contributed by atoms with Crippen LogP contribution in [0.15, 0.2) is 30.3 Å². The molecule has 0 saturated carbocycles. The van der Waals surface area contributed by atoms with Crippen LogP contribution in [0.5, 0.6) is 0 Å². The Bertz CT molecular complexity index is 555. The van der Waals surface area contributed by atoms with Crippen molar-refractivity contribution in [2.24, 2.45) is 11.8 Å². The lowest BCUT2D eigenvalue weighted by Crippen LogP contribution is -2.33. The molecule has 1 aromatic rings. The first-order valence-corrected chi connectivity index (χ1v) is 6.96. The molecule has 1 aliphatic heterocycles. The van der Waals surface area contributed by atoms with Gasteiger partial charge >= 0.3 is 0 Å². The minimum Gasteiger partial charge on any atom is -0.550 e. The van der Waals surface area contributed by atoms with Crippen LogP contribution in [-0.2, 0) is 20.9 Å². The molecule has 1 heterocycles. The van der Waals surface area contributed by atoms with Crippen LogP contribution in [0.4, 0.5) is 0 Å². The van der Waals surface area contributed by atoms with Crippen LogP contribution in [0, 0.1) is 11.8 Å². The molecule has 1 saturated heterocycles. The lowest BCUT2D eigenvalue weighted by molar-refractivity contribution is -0.306. The second-order valence-electron chi connectivity index (χ2n) is 5.51. The van der Waals surface area contributed by atoms with Crippen LogP contribution < -0.4 is 5.11 Å². The van der Waals surface area contributed by atoms with E-state index in [1.54, 1.807) is 11.8 Å². The Morgan fingerprint density at radius 3 is 2.38 bits per heavy atom. The van der Waals surface area contributed by atoms with Crippen molar-refractivity contribution in [1.82, 2.24) is 4.90 Å². The van der Waals surface area contributed by atoms with Gasteiger partial charge in [-0.05, 0) is 25.8 Å². The molecule has 1 fully saturated rings. The smallest absolute Gasteiger partial charge is 0.227 e. The number of aliphatic carboxylic acids is 1. The van der Waals surface area contributed by atoms with Gasteiger partial charge < -0.3 is 14.8 Å². The highest BCUT2D eigenvalue weighted by molar-refractivity contribution is 5.93. The van der Waals surface area contributed by atoms with Crippen molar-refractivity contribution in [3.63, 3.8) is 0 Å². The van der Waals surface area contributed by atoms with Gasteiger partial charge in [0.25, 0.3) is 0 Å². The fourth-order valence-electron chi connectivity index (χ4n) is 3.12. The van der Waals surface area contributed by atoms with E-state index in [2.05, 4.69) is 0 Å². The molecule has 0 aliphatic carbocycles. The number of hydrogen-bond acceptors (Lipinski definition) is 4. The molecule has 0 spiro atoms. The number of carbonyl (C=O) groups is 3. The number of hydrogen-bond donors (Lipinski definition) is 0. The predicted molar refractivity (Wildman–Crippen MR) is 73.7 cm³/mol. The maximum atomic E-state index is 12.5. The first kappa shape index (κ1) is 15.2. The van der Waals surface area contributed by atoms with E-state index in [-0.39, 0.29) is 17.7 Å². The zero-order chi connectivity index (χ0) is 15.6. The van der Waals surface area contributed by atoms with Crippen LogP contribution in [-0.4, -0.2) is 28.6 Å². The number of Topliss-reactive ketones (excluding diaryl/α,β-unsaturated/α-hetero) is 1. The predicted octanol–water partition coefficient (Wildman–Crippen LogP) is 0.379. The van der Waals surface area contributed by atoms with Gasteiger partial charge in [-0.2, -0.15) is 0 Å². The second-order valence-corrected chi connectivity index (χ2v) is 5.51. The number of carboxylic acids is 1. The summed E-state index contributed by atoms with van der Waals surface area (Å²) in [5, 5.41) is 10.8. The maximum absolute atomic E-state index is 12.5. The highest BCUT2D eigenvalue weighted by Crippen LogP contribution is 2.34. The van der Waals surface area contributed by atoms with E-state index in [4.69, 9.17) is 0 Å². The molecular weight excluding hydrogens is 270 g/mol. The molecule has 21 heavy (non-hydrogen) atoms. The summed E-state index contributed by atoms with van der Waals surface area (Å²) in [6.07, 6.45) is -0.404. The Kier molecular flexibility index (Phi) is 4.40. The van der Waals surface area contributed by atoms with Crippen LogP contribution in [0.1, 0.15) is 25.8 Å². The molecule has 0 bridgehead atoms. The van der Waals surface area contributed by atoms with Gasteiger partial charge in [-0.25, -0.2) is 0 Å². The normalized spacial score (nSPS) is 25.1. The fraction of sp³-hybridized carbons (Fsp3) is 0.438. The molecule has 1 aliphatic rings. The third kappa shape index (κ3) is 3.12. The zero-order valence-corrected chi connectivity index (χ0v) is 12.1. The second kappa shape index (κ2) is 6.08. The minimum atomic E-state index is -1.30. The quantitative estimate of drug-likeness (QED) is 0.784. The standard InChI is InChI=1S/C16H19NO4/c1-10-15(11(2)18)13(8-14(19)20)16(21)17(10)9-12-6-4-3-5-7-12/h3-7,10,13,15H,8-9H2,1-2H3,(H,19,20)/p-1/t10-,13-,15-/m1/s1. The number of amides is 1. The summed E-state index contributed by atoms with van der Waals surface area (Å²) in [5.74, 6) is -3.13. The molecule has 0 unspecified atom stereocenters. The van der Waals surface area contributed by atoms with Gasteiger partial charge in [0.05, 0.1) is 5.92 Å². The van der Waals surface area contributed by atoms with E-state index >= 15 is 0 Å². The average molecular weight is 288 g/mol. The molecule has 1 aromatic carbocycles. The van der Waals surface area contributed by atoms with Gasteiger partial charge in [-0.1, -0.05) is 30.3 Å². The van der Waals surface area contributed by atoms with E-state index < -0.39 is 24.2 Å². The van der Waals surface area contributed by atoms with Gasteiger partial charge in [0, 0.05) is 24.5 Å². The van der Waals surface area contributed by atoms with Crippen LogP contribution in [0.25, 0.3) is 0 Å². The van der Waals surface area contributed by atoms with Crippen molar-refractivity contribution in [3.05, 3.63) is 35.9 Å².